The minimum atomic E-state index is -0.251. The Balaban J connectivity index is 2.16. The van der Waals surface area contributed by atoms with Gasteiger partial charge in [-0.3, -0.25) is 4.79 Å². The highest BCUT2D eigenvalue weighted by atomic mass is 35.5. The van der Waals surface area contributed by atoms with Crippen LogP contribution in [0.5, 0.6) is 0 Å². The topological polar surface area (TPSA) is 68.0 Å². The summed E-state index contributed by atoms with van der Waals surface area (Å²) in [5, 5.41) is 3.22. The van der Waals surface area contributed by atoms with Crippen LogP contribution in [0.15, 0.2) is 42.6 Å². The summed E-state index contributed by atoms with van der Waals surface area (Å²) in [6.45, 7) is 0.405. The van der Waals surface area contributed by atoms with E-state index >= 15 is 0 Å². The van der Waals surface area contributed by atoms with Crippen molar-refractivity contribution in [2.45, 2.75) is 6.54 Å². The molecule has 0 aliphatic rings. The number of carbonyl (C=O) groups excluding carboxylic acids is 1. The lowest BCUT2D eigenvalue weighted by Gasteiger charge is -2.05. The summed E-state index contributed by atoms with van der Waals surface area (Å²) in [5.74, 6) is 0.224. The summed E-state index contributed by atoms with van der Waals surface area (Å²) in [5.41, 5.74) is 6.92. The van der Waals surface area contributed by atoms with Gasteiger partial charge in [-0.2, -0.15) is 0 Å². The summed E-state index contributed by atoms with van der Waals surface area (Å²) in [6, 6.07) is 10.3. The zero-order valence-electron chi connectivity index (χ0n) is 9.56. The van der Waals surface area contributed by atoms with Crippen LogP contribution in [0.3, 0.4) is 0 Å². The van der Waals surface area contributed by atoms with Crippen LogP contribution in [-0.2, 0) is 6.54 Å². The van der Waals surface area contributed by atoms with E-state index in [0.29, 0.717) is 22.9 Å². The van der Waals surface area contributed by atoms with Crippen molar-refractivity contribution in [1.29, 1.82) is 0 Å². The second-order valence-electron chi connectivity index (χ2n) is 3.72. The molecule has 1 aromatic heterocycles. The molecule has 0 spiro atoms. The zero-order valence-corrected chi connectivity index (χ0v) is 10.3. The number of aromatic nitrogens is 1. The largest absolute Gasteiger partial charge is 0.326 e. The first-order valence-electron chi connectivity index (χ1n) is 5.41. The fourth-order valence-corrected chi connectivity index (χ4v) is 1.68. The molecule has 0 unspecified atom stereocenters. The van der Waals surface area contributed by atoms with Gasteiger partial charge >= 0.3 is 0 Å². The van der Waals surface area contributed by atoms with E-state index in [2.05, 4.69) is 10.3 Å². The highest BCUT2D eigenvalue weighted by Crippen LogP contribution is 2.13. The number of hydrogen-bond donors (Lipinski definition) is 2. The molecule has 0 fully saturated rings. The molecule has 2 rings (SSSR count). The molecule has 0 atom stereocenters. The van der Waals surface area contributed by atoms with Gasteiger partial charge in [0.1, 0.15) is 5.82 Å². The molecule has 0 radical (unpaired) electrons. The molecule has 92 valence electrons. The van der Waals surface area contributed by atoms with Gasteiger partial charge in [-0.1, -0.05) is 17.7 Å². The van der Waals surface area contributed by atoms with Crippen LogP contribution >= 0.6 is 11.6 Å². The highest BCUT2D eigenvalue weighted by Gasteiger charge is 2.07. The maximum atomic E-state index is 11.9. The third-order valence-corrected chi connectivity index (χ3v) is 2.62. The SMILES string of the molecule is NCc1ccnc(NC(=O)c2cccc(Cl)c2)c1. The molecule has 0 aliphatic carbocycles. The van der Waals surface area contributed by atoms with Gasteiger partial charge in [0, 0.05) is 23.3 Å². The average molecular weight is 262 g/mol. The number of hydrogen-bond acceptors (Lipinski definition) is 3. The number of benzene rings is 1. The summed E-state index contributed by atoms with van der Waals surface area (Å²) in [7, 11) is 0. The molecule has 1 heterocycles. The summed E-state index contributed by atoms with van der Waals surface area (Å²) in [4.78, 5) is 16.0. The second kappa shape index (κ2) is 5.62. The molecule has 2 aromatic rings. The Kier molecular flexibility index (Phi) is 3.92. The number of nitrogens with zero attached hydrogens (tertiary/aromatic N) is 1. The van der Waals surface area contributed by atoms with Crippen LogP contribution in [-0.4, -0.2) is 10.9 Å². The lowest BCUT2D eigenvalue weighted by molar-refractivity contribution is 0.102. The molecule has 0 aliphatic heterocycles. The molecule has 5 heteroatoms. The van der Waals surface area contributed by atoms with E-state index in [1.165, 1.54) is 0 Å². The van der Waals surface area contributed by atoms with Crippen molar-refractivity contribution in [2.75, 3.05) is 5.32 Å². The maximum absolute atomic E-state index is 11.9. The van der Waals surface area contributed by atoms with Gasteiger partial charge in [0.25, 0.3) is 5.91 Å². The average Bonchev–Trinajstić information content (AvgIpc) is 2.39. The maximum Gasteiger partial charge on any atom is 0.256 e. The Hall–Kier alpha value is -1.91. The lowest BCUT2D eigenvalue weighted by atomic mass is 10.2. The molecular formula is C13H12ClN3O. The number of nitrogens with two attached hydrogens (primary N) is 1. The van der Waals surface area contributed by atoms with Crippen LogP contribution < -0.4 is 11.1 Å². The third kappa shape index (κ3) is 3.06. The van der Waals surface area contributed by atoms with Crippen molar-refractivity contribution in [3.63, 3.8) is 0 Å². The number of amides is 1. The van der Waals surface area contributed by atoms with Crippen molar-refractivity contribution in [1.82, 2.24) is 4.98 Å². The van der Waals surface area contributed by atoms with Crippen LogP contribution in [0.4, 0.5) is 5.82 Å². The minimum Gasteiger partial charge on any atom is -0.326 e. The number of rotatable bonds is 3. The fourth-order valence-electron chi connectivity index (χ4n) is 1.49. The summed E-state index contributed by atoms with van der Waals surface area (Å²) >= 11 is 5.83. The smallest absolute Gasteiger partial charge is 0.256 e. The molecular weight excluding hydrogens is 250 g/mol. The Bertz CT molecular complexity index is 572. The molecule has 0 saturated carbocycles. The van der Waals surface area contributed by atoms with Gasteiger partial charge in [-0.05, 0) is 35.9 Å². The first kappa shape index (κ1) is 12.5. The highest BCUT2D eigenvalue weighted by molar-refractivity contribution is 6.31. The predicted molar refractivity (Wildman–Crippen MR) is 71.5 cm³/mol. The number of anilines is 1. The monoisotopic (exact) mass is 261 g/mol. The first-order valence-corrected chi connectivity index (χ1v) is 5.79. The Morgan fingerprint density at radius 1 is 1.33 bits per heavy atom. The Morgan fingerprint density at radius 3 is 2.89 bits per heavy atom. The van der Waals surface area contributed by atoms with Gasteiger partial charge < -0.3 is 11.1 Å². The van der Waals surface area contributed by atoms with Crippen molar-refractivity contribution in [2.24, 2.45) is 5.73 Å². The molecule has 4 nitrogen and oxygen atoms in total. The number of carbonyl (C=O) groups is 1. The number of nitrogens with one attached hydrogen (secondary N) is 1. The van der Waals surface area contributed by atoms with Crippen molar-refractivity contribution in [3.8, 4) is 0 Å². The first-order chi connectivity index (χ1) is 8.69. The van der Waals surface area contributed by atoms with Crippen molar-refractivity contribution >= 4 is 23.3 Å². The molecule has 0 saturated heterocycles. The van der Waals surface area contributed by atoms with E-state index < -0.39 is 0 Å². The second-order valence-corrected chi connectivity index (χ2v) is 4.15. The van der Waals surface area contributed by atoms with Crippen LogP contribution in [0.1, 0.15) is 15.9 Å². The third-order valence-electron chi connectivity index (χ3n) is 2.39. The molecule has 0 bridgehead atoms. The summed E-state index contributed by atoms with van der Waals surface area (Å²) < 4.78 is 0. The van der Waals surface area contributed by atoms with E-state index in [0.717, 1.165) is 5.56 Å². The minimum absolute atomic E-state index is 0.251. The van der Waals surface area contributed by atoms with Crippen LogP contribution in [0, 0.1) is 0 Å². The number of halogens is 1. The predicted octanol–water partition coefficient (Wildman–Crippen LogP) is 2.45. The van der Waals surface area contributed by atoms with Crippen LogP contribution in [0.2, 0.25) is 5.02 Å². The van der Waals surface area contributed by atoms with Gasteiger partial charge in [0.15, 0.2) is 0 Å². The lowest BCUT2D eigenvalue weighted by Crippen LogP contribution is -2.13. The molecule has 1 aromatic carbocycles. The van der Waals surface area contributed by atoms with Gasteiger partial charge in [0.2, 0.25) is 0 Å². The fraction of sp³-hybridized carbons (Fsp3) is 0.0769. The quantitative estimate of drug-likeness (QED) is 0.892. The van der Waals surface area contributed by atoms with Crippen molar-refractivity contribution in [3.05, 3.63) is 58.7 Å². The molecule has 3 N–H and O–H groups in total. The Labute approximate surface area is 110 Å². The van der Waals surface area contributed by atoms with E-state index in [4.69, 9.17) is 17.3 Å². The molecule has 1 amide bonds. The number of pyridine rings is 1. The van der Waals surface area contributed by atoms with Gasteiger partial charge in [-0.15, -0.1) is 0 Å². The normalized spacial score (nSPS) is 10.1. The van der Waals surface area contributed by atoms with Crippen molar-refractivity contribution < 1.29 is 4.79 Å². The standard InChI is InChI=1S/C13H12ClN3O/c14-11-3-1-2-10(7-11)13(18)17-12-6-9(8-15)4-5-16-12/h1-7H,8,15H2,(H,16,17,18). The van der Waals surface area contributed by atoms with E-state index in [9.17, 15) is 4.79 Å². The van der Waals surface area contributed by atoms with E-state index in [-0.39, 0.29) is 5.91 Å². The van der Waals surface area contributed by atoms with Gasteiger partial charge in [0.05, 0.1) is 0 Å². The molecule has 18 heavy (non-hydrogen) atoms. The van der Waals surface area contributed by atoms with E-state index in [1.54, 1.807) is 42.6 Å². The Morgan fingerprint density at radius 2 is 2.17 bits per heavy atom. The summed E-state index contributed by atoms with van der Waals surface area (Å²) in [6.07, 6.45) is 1.61. The zero-order chi connectivity index (χ0) is 13.0. The van der Waals surface area contributed by atoms with E-state index in [1.807, 2.05) is 0 Å². The van der Waals surface area contributed by atoms with Crippen LogP contribution in [0.25, 0.3) is 0 Å². The van der Waals surface area contributed by atoms with Gasteiger partial charge in [-0.25, -0.2) is 4.98 Å².